The fourth-order valence-corrected chi connectivity index (χ4v) is 6.37. The second kappa shape index (κ2) is 7.95. The van der Waals surface area contributed by atoms with Crippen LogP contribution in [0.25, 0.3) is 0 Å². The van der Waals surface area contributed by atoms with Crippen molar-refractivity contribution in [1.82, 2.24) is 5.32 Å². The number of aryl methyl sites for hydroxylation is 2. The minimum Gasteiger partial charge on any atom is -0.486 e. The van der Waals surface area contributed by atoms with Gasteiger partial charge in [-0.3, -0.25) is 4.79 Å². The monoisotopic (exact) mass is 429 g/mol. The van der Waals surface area contributed by atoms with Crippen molar-refractivity contribution >= 4 is 15.7 Å². The Bertz CT molecular complexity index is 1060. The summed E-state index contributed by atoms with van der Waals surface area (Å²) in [6.45, 7) is 4.31. The topological polar surface area (TPSA) is 81.7 Å². The molecule has 1 fully saturated rings. The van der Waals surface area contributed by atoms with Crippen molar-refractivity contribution in [2.45, 2.75) is 55.3 Å². The van der Waals surface area contributed by atoms with Gasteiger partial charge in [0.25, 0.3) is 0 Å². The highest BCUT2D eigenvalue weighted by molar-refractivity contribution is 7.93. The molecule has 30 heavy (non-hydrogen) atoms. The first-order chi connectivity index (χ1) is 14.3. The van der Waals surface area contributed by atoms with E-state index in [0.717, 1.165) is 11.1 Å². The molecule has 1 aliphatic heterocycles. The summed E-state index contributed by atoms with van der Waals surface area (Å²) in [6.07, 6.45) is 1.73. The molecule has 1 atom stereocenters. The Morgan fingerprint density at radius 1 is 1.07 bits per heavy atom. The number of carbonyl (C=O) groups is 1. The van der Waals surface area contributed by atoms with Crippen LogP contribution < -0.4 is 14.8 Å². The molecule has 0 aromatic heterocycles. The van der Waals surface area contributed by atoms with Crippen LogP contribution in [0.5, 0.6) is 11.5 Å². The number of sulfone groups is 1. The number of rotatable bonds is 5. The molecule has 2 aliphatic rings. The highest BCUT2D eigenvalue weighted by Crippen LogP contribution is 2.41. The summed E-state index contributed by atoms with van der Waals surface area (Å²) >= 11 is 0. The van der Waals surface area contributed by atoms with E-state index in [4.69, 9.17) is 9.47 Å². The Labute approximate surface area is 177 Å². The molecule has 0 radical (unpaired) electrons. The molecule has 0 saturated heterocycles. The van der Waals surface area contributed by atoms with Gasteiger partial charge in [-0.2, -0.15) is 0 Å². The lowest BCUT2D eigenvalue weighted by molar-refractivity contribution is -0.124. The maximum atomic E-state index is 13.6. The van der Waals surface area contributed by atoms with Crippen LogP contribution >= 0.6 is 0 Å². The van der Waals surface area contributed by atoms with Crippen LogP contribution in [0.4, 0.5) is 0 Å². The van der Waals surface area contributed by atoms with E-state index in [9.17, 15) is 13.2 Å². The largest absolute Gasteiger partial charge is 0.486 e. The van der Waals surface area contributed by atoms with Crippen LogP contribution in [-0.4, -0.2) is 38.3 Å². The van der Waals surface area contributed by atoms with E-state index in [1.165, 1.54) is 0 Å². The zero-order valence-corrected chi connectivity index (χ0v) is 18.1. The number of hydrogen-bond donors (Lipinski definition) is 1. The van der Waals surface area contributed by atoms with Gasteiger partial charge in [0, 0.05) is 0 Å². The maximum absolute atomic E-state index is 13.6. The van der Waals surface area contributed by atoms with Crippen molar-refractivity contribution < 1.29 is 22.7 Å². The number of carbonyl (C=O) groups excluding carboxylic acids is 1. The fraction of sp³-hybridized carbons (Fsp3) is 0.435. The number of hydrogen-bond acceptors (Lipinski definition) is 5. The summed E-state index contributed by atoms with van der Waals surface area (Å²) in [5.41, 5.74) is 1.92. The first-order valence-corrected chi connectivity index (χ1v) is 11.8. The molecular formula is C23H27NO5S. The zero-order valence-electron chi connectivity index (χ0n) is 17.3. The minimum atomic E-state index is -3.82. The van der Waals surface area contributed by atoms with Crippen molar-refractivity contribution in [3.63, 3.8) is 0 Å². The first-order valence-electron chi connectivity index (χ1n) is 10.3. The van der Waals surface area contributed by atoms with Crippen LogP contribution in [0.2, 0.25) is 0 Å². The molecule has 2 aromatic carbocycles. The zero-order chi connectivity index (χ0) is 21.4. The summed E-state index contributed by atoms with van der Waals surface area (Å²) in [4.78, 5) is 13.5. The average Bonchev–Trinajstić information content (AvgIpc) is 3.25. The van der Waals surface area contributed by atoms with Gasteiger partial charge in [-0.1, -0.05) is 31.0 Å². The number of fused-ring (bicyclic) bond motifs is 1. The second-order valence-corrected chi connectivity index (χ2v) is 10.4. The Morgan fingerprint density at radius 3 is 2.47 bits per heavy atom. The van der Waals surface area contributed by atoms with E-state index in [1.54, 1.807) is 18.2 Å². The molecule has 7 heteroatoms. The van der Waals surface area contributed by atoms with Crippen molar-refractivity contribution in [3.05, 3.63) is 53.6 Å². The van der Waals surface area contributed by atoms with Gasteiger partial charge in [0.1, 0.15) is 12.7 Å². The lowest BCUT2D eigenvalue weighted by Crippen LogP contribution is -2.53. The molecule has 4 rings (SSSR count). The maximum Gasteiger partial charge on any atom is 0.241 e. The van der Waals surface area contributed by atoms with Crippen LogP contribution in [0.1, 0.15) is 36.8 Å². The number of benzene rings is 2. The summed E-state index contributed by atoms with van der Waals surface area (Å²) in [5, 5.41) is 2.84. The molecule has 0 bridgehead atoms. The van der Waals surface area contributed by atoms with Gasteiger partial charge >= 0.3 is 0 Å². The molecule has 160 valence electrons. The van der Waals surface area contributed by atoms with E-state index in [-0.39, 0.29) is 17.5 Å². The molecule has 1 amide bonds. The molecule has 6 nitrogen and oxygen atoms in total. The van der Waals surface area contributed by atoms with Crippen LogP contribution in [0.3, 0.4) is 0 Å². The summed E-state index contributed by atoms with van der Waals surface area (Å²) in [5.74, 6) is 0.853. The van der Waals surface area contributed by atoms with Crippen molar-refractivity contribution in [1.29, 1.82) is 0 Å². The quantitative estimate of drug-likeness (QED) is 0.788. The van der Waals surface area contributed by atoms with E-state index in [2.05, 4.69) is 5.32 Å². The van der Waals surface area contributed by atoms with E-state index < -0.39 is 20.5 Å². The third-order valence-electron chi connectivity index (χ3n) is 6.19. The van der Waals surface area contributed by atoms with E-state index in [1.807, 2.05) is 38.1 Å². The third kappa shape index (κ3) is 3.55. The number of ether oxygens (including phenoxy) is 2. The predicted octanol–water partition coefficient (Wildman–Crippen LogP) is 3.35. The molecule has 1 N–H and O–H groups in total. The lowest BCUT2D eigenvalue weighted by atomic mass is 10.1. The number of para-hydroxylation sites is 2. The van der Waals surface area contributed by atoms with Crippen LogP contribution in [-0.2, 0) is 14.6 Å². The normalized spacial score (nSPS) is 20.0. The van der Waals surface area contributed by atoms with Gasteiger partial charge in [0.05, 0.1) is 11.4 Å². The van der Waals surface area contributed by atoms with Gasteiger partial charge in [-0.25, -0.2) is 8.42 Å². The van der Waals surface area contributed by atoms with Gasteiger partial charge in [0.15, 0.2) is 26.1 Å². The van der Waals surface area contributed by atoms with E-state index >= 15 is 0 Å². The van der Waals surface area contributed by atoms with Crippen LogP contribution in [0.15, 0.2) is 47.4 Å². The SMILES string of the molecule is Cc1ccc(S(=O)(=O)C2(C(=O)NC[C@H]3COc4ccccc4O3)CCCC2)cc1C. The molecule has 2 aromatic rings. The van der Waals surface area contributed by atoms with Gasteiger partial charge in [0.2, 0.25) is 5.91 Å². The number of nitrogens with one attached hydrogen (secondary N) is 1. The van der Waals surface area contributed by atoms with Gasteiger partial charge in [-0.15, -0.1) is 0 Å². The molecule has 0 spiro atoms. The van der Waals surface area contributed by atoms with Crippen molar-refractivity contribution in [3.8, 4) is 11.5 Å². The third-order valence-corrected chi connectivity index (χ3v) is 8.68. The van der Waals surface area contributed by atoms with Crippen molar-refractivity contribution in [2.24, 2.45) is 0 Å². The summed E-state index contributed by atoms with van der Waals surface area (Å²) in [6, 6.07) is 12.4. The molecule has 1 saturated carbocycles. The van der Waals surface area contributed by atoms with Crippen molar-refractivity contribution in [2.75, 3.05) is 13.2 Å². The molecular weight excluding hydrogens is 402 g/mol. The van der Waals surface area contributed by atoms with Crippen LogP contribution in [0, 0.1) is 13.8 Å². The standard InChI is InChI=1S/C23H27NO5S/c1-16-9-10-19(13-17(16)2)30(26,27)23(11-5-6-12-23)22(25)24-14-18-15-28-20-7-3-4-8-21(20)29-18/h3-4,7-10,13,18H,5-6,11-12,14-15H2,1-2H3,(H,24,25)/t18-/m0/s1. The first kappa shape index (κ1) is 20.7. The minimum absolute atomic E-state index is 0.192. The molecule has 1 heterocycles. The lowest BCUT2D eigenvalue weighted by Gasteiger charge is -2.30. The number of amides is 1. The Hall–Kier alpha value is -2.54. The Morgan fingerprint density at radius 2 is 1.77 bits per heavy atom. The Balaban J connectivity index is 1.52. The Kier molecular flexibility index (Phi) is 5.49. The average molecular weight is 430 g/mol. The fourth-order valence-electron chi connectivity index (χ4n) is 4.20. The predicted molar refractivity (Wildman–Crippen MR) is 114 cm³/mol. The van der Waals surface area contributed by atoms with E-state index in [0.29, 0.717) is 43.8 Å². The summed E-state index contributed by atoms with van der Waals surface area (Å²) < 4.78 is 37.3. The molecule has 0 unspecified atom stereocenters. The summed E-state index contributed by atoms with van der Waals surface area (Å²) in [7, 11) is -3.82. The highest BCUT2D eigenvalue weighted by Gasteiger charge is 2.53. The second-order valence-electron chi connectivity index (χ2n) is 8.16. The van der Waals surface area contributed by atoms with Gasteiger partial charge in [-0.05, 0) is 62.1 Å². The smallest absolute Gasteiger partial charge is 0.241 e. The highest BCUT2D eigenvalue weighted by atomic mass is 32.2. The molecule has 1 aliphatic carbocycles. The van der Waals surface area contributed by atoms with Gasteiger partial charge < -0.3 is 14.8 Å².